The van der Waals surface area contributed by atoms with E-state index in [1.54, 1.807) is 0 Å². The van der Waals surface area contributed by atoms with Crippen molar-refractivity contribution in [2.45, 2.75) is 13.5 Å². The highest BCUT2D eigenvalue weighted by atomic mass is 35.5. The summed E-state index contributed by atoms with van der Waals surface area (Å²) in [4.78, 5) is 11.7. The van der Waals surface area contributed by atoms with Crippen LogP contribution in [0, 0.1) is 12.7 Å². The molecule has 9 heteroatoms. The molecule has 0 aliphatic rings. The van der Waals surface area contributed by atoms with Gasteiger partial charge in [-0.05, 0) is 19.1 Å². The zero-order valence-electron chi connectivity index (χ0n) is 9.44. The summed E-state index contributed by atoms with van der Waals surface area (Å²) in [6.07, 6.45) is 0. The molecular weight excluding hydrogens is 287 g/mol. The van der Waals surface area contributed by atoms with E-state index in [1.165, 1.54) is 6.92 Å². The van der Waals surface area contributed by atoms with Crippen molar-refractivity contribution in [2.24, 2.45) is 0 Å². The van der Waals surface area contributed by atoms with Gasteiger partial charge in [-0.1, -0.05) is 11.6 Å². The van der Waals surface area contributed by atoms with Crippen LogP contribution in [0.15, 0.2) is 16.9 Å². The molecule has 0 amide bonds. The van der Waals surface area contributed by atoms with Gasteiger partial charge in [0.25, 0.3) is 0 Å². The average Bonchev–Trinajstić information content (AvgIpc) is 2.62. The lowest BCUT2D eigenvalue weighted by Crippen LogP contribution is -2.25. The number of aromatic hydroxyl groups is 1. The number of rotatable bonds is 2. The molecule has 0 atom stereocenters. The number of benzene rings is 1. The Balaban J connectivity index is 2.71. The summed E-state index contributed by atoms with van der Waals surface area (Å²) in [5.74, 6) is -2.38. The van der Waals surface area contributed by atoms with Crippen molar-refractivity contribution in [1.29, 1.82) is 0 Å². The molecule has 102 valence electrons. The lowest BCUT2D eigenvalue weighted by molar-refractivity contribution is 0.0640. The molecule has 5 nitrogen and oxygen atoms in total. The summed E-state index contributed by atoms with van der Waals surface area (Å²) >= 11 is 5.48. The summed E-state index contributed by atoms with van der Waals surface area (Å²) in [6, 6.07) is 2.18. The molecule has 1 aromatic carbocycles. The number of aryl methyl sites for hydroxylation is 1. The Morgan fingerprint density at radius 2 is 2.05 bits per heavy atom. The highest BCUT2D eigenvalue weighted by molar-refractivity contribution is 6.32. The first kappa shape index (κ1) is 13.5. The molecule has 19 heavy (non-hydrogen) atoms. The second-order valence-electron chi connectivity index (χ2n) is 3.62. The second kappa shape index (κ2) is 4.61. The Kier molecular flexibility index (Phi) is 3.27. The maximum atomic E-state index is 13.7. The Bertz CT molecular complexity index is 696. The number of phenolic OH excluding ortho intramolecular Hbond substituents is 1. The van der Waals surface area contributed by atoms with Gasteiger partial charge in [-0.25, -0.2) is 13.8 Å². The summed E-state index contributed by atoms with van der Waals surface area (Å²) < 4.78 is 39.5. The normalized spacial score (nSPS) is 11.3. The fourth-order valence-electron chi connectivity index (χ4n) is 1.55. The number of alkyl halides is 2. The van der Waals surface area contributed by atoms with Gasteiger partial charge in [0.2, 0.25) is 0 Å². The molecular formula is C10H7ClF3N3O2. The number of hydrogen-bond acceptors (Lipinski definition) is 3. The SMILES string of the molecule is Cc1nn(-c2ccc(Cl)c(O)c2F)c(=O)n1C(F)F. The molecule has 1 N–H and O–H groups in total. The van der Waals surface area contributed by atoms with Gasteiger partial charge < -0.3 is 5.11 Å². The van der Waals surface area contributed by atoms with Gasteiger partial charge in [-0.3, -0.25) is 0 Å². The molecule has 0 aliphatic carbocycles. The van der Waals surface area contributed by atoms with E-state index >= 15 is 0 Å². The van der Waals surface area contributed by atoms with E-state index in [9.17, 15) is 23.1 Å². The molecule has 2 aromatic rings. The van der Waals surface area contributed by atoms with Crippen LogP contribution in [0.3, 0.4) is 0 Å². The smallest absolute Gasteiger partial charge is 0.355 e. The molecule has 0 fully saturated rings. The Morgan fingerprint density at radius 3 is 2.58 bits per heavy atom. The van der Waals surface area contributed by atoms with E-state index in [0.29, 0.717) is 4.68 Å². The zero-order valence-corrected chi connectivity index (χ0v) is 10.2. The highest BCUT2D eigenvalue weighted by Crippen LogP contribution is 2.29. The lowest BCUT2D eigenvalue weighted by atomic mass is 10.3. The van der Waals surface area contributed by atoms with Crippen LogP contribution in [-0.4, -0.2) is 19.5 Å². The van der Waals surface area contributed by atoms with Crippen molar-refractivity contribution in [2.75, 3.05) is 0 Å². The van der Waals surface area contributed by atoms with Crippen molar-refractivity contribution in [1.82, 2.24) is 14.3 Å². The standard InChI is InChI=1S/C10H7ClF3N3O2/c1-4-15-17(10(19)16(4)9(13)14)6-3-2-5(11)8(18)7(6)12/h2-3,9,18H,1H3. The third kappa shape index (κ3) is 2.07. The largest absolute Gasteiger partial charge is 0.504 e. The van der Waals surface area contributed by atoms with E-state index in [0.717, 1.165) is 12.1 Å². The minimum atomic E-state index is -3.09. The number of nitrogens with zero attached hydrogens (tertiary/aromatic N) is 3. The van der Waals surface area contributed by atoms with Gasteiger partial charge in [0.15, 0.2) is 11.6 Å². The van der Waals surface area contributed by atoms with Crippen LogP contribution in [0.4, 0.5) is 13.2 Å². The monoisotopic (exact) mass is 293 g/mol. The van der Waals surface area contributed by atoms with Gasteiger partial charge in [0.05, 0.1) is 5.02 Å². The predicted molar refractivity (Wildman–Crippen MR) is 60.4 cm³/mol. The van der Waals surface area contributed by atoms with Gasteiger partial charge in [0, 0.05) is 0 Å². The molecule has 1 aromatic heterocycles. The van der Waals surface area contributed by atoms with Crippen molar-refractivity contribution in [3.05, 3.63) is 39.3 Å². The first-order chi connectivity index (χ1) is 8.84. The van der Waals surface area contributed by atoms with Gasteiger partial charge in [-0.15, -0.1) is 5.10 Å². The zero-order chi connectivity index (χ0) is 14.3. The molecule has 0 radical (unpaired) electrons. The van der Waals surface area contributed by atoms with E-state index in [-0.39, 0.29) is 15.4 Å². The van der Waals surface area contributed by atoms with Crippen molar-refractivity contribution < 1.29 is 18.3 Å². The fraction of sp³-hybridized carbons (Fsp3) is 0.200. The van der Waals surface area contributed by atoms with Crippen LogP contribution in [-0.2, 0) is 0 Å². The maximum absolute atomic E-state index is 13.7. The minimum Gasteiger partial charge on any atom is -0.504 e. The quantitative estimate of drug-likeness (QED) is 0.924. The van der Waals surface area contributed by atoms with Crippen LogP contribution in [0.25, 0.3) is 5.69 Å². The fourth-order valence-corrected chi connectivity index (χ4v) is 1.70. The second-order valence-corrected chi connectivity index (χ2v) is 4.03. The molecule has 0 aliphatic heterocycles. The van der Waals surface area contributed by atoms with Crippen LogP contribution in [0.1, 0.15) is 12.4 Å². The van der Waals surface area contributed by atoms with Gasteiger partial charge in [-0.2, -0.15) is 13.5 Å². The summed E-state index contributed by atoms with van der Waals surface area (Å²) in [5, 5.41) is 12.6. The topological polar surface area (TPSA) is 60.0 Å². The molecule has 0 unspecified atom stereocenters. The highest BCUT2D eigenvalue weighted by Gasteiger charge is 2.21. The molecule has 1 heterocycles. The van der Waals surface area contributed by atoms with Crippen LogP contribution in [0.2, 0.25) is 5.02 Å². The molecule has 0 saturated heterocycles. The van der Waals surface area contributed by atoms with Gasteiger partial charge >= 0.3 is 12.2 Å². The van der Waals surface area contributed by atoms with Crippen LogP contribution in [0.5, 0.6) is 5.75 Å². The van der Waals surface area contributed by atoms with Crippen molar-refractivity contribution in [3.63, 3.8) is 0 Å². The first-order valence-electron chi connectivity index (χ1n) is 4.98. The average molecular weight is 294 g/mol. The lowest BCUT2D eigenvalue weighted by Gasteiger charge is -2.04. The first-order valence-corrected chi connectivity index (χ1v) is 5.36. The molecule has 0 bridgehead atoms. The van der Waals surface area contributed by atoms with Crippen molar-refractivity contribution >= 4 is 11.6 Å². The summed E-state index contributed by atoms with van der Waals surface area (Å²) in [7, 11) is 0. The number of aromatic nitrogens is 3. The number of phenols is 1. The Hall–Kier alpha value is -1.96. The molecule has 0 saturated carbocycles. The van der Waals surface area contributed by atoms with E-state index in [1.807, 2.05) is 0 Å². The van der Waals surface area contributed by atoms with E-state index < -0.39 is 29.5 Å². The van der Waals surface area contributed by atoms with Crippen LogP contribution >= 0.6 is 11.6 Å². The third-order valence-corrected chi connectivity index (χ3v) is 2.76. The third-order valence-electron chi connectivity index (χ3n) is 2.45. The predicted octanol–water partition coefficient (Wildman–Crippen LogP) is 2.24. The summed E-state index contributed by atoms with van der Waals surface area (Å²) in [6.45, 7) is -1.91. The van der Waals surface area contributed by atoms with E-state index in [4.69, 9.17) is 11.6 Å². The van der Waals surface area contributed by atoms with Crippen LogP contribution < -0.4 is 5.69 Å². The van der Waals surface area contributed by atoms with E-state index in [2.05, 4.69) is 5.10 Å². The minimum absolute atomic E-state index is 0.102. The number of halogens is 4. The summed E-state index contributed by atoms with van der Waals surface area (Å²) in [5.41, 5.74) is -1.68. The molecule has 0 spiro atoms. The number of hydrogen-bond donors (Lipinski definition) is 1. The maximum Gasteiger partial charge on any atom is 0.355 e. The Morgan fingerprint density at radius 1 is 1.42 bits per heavy atom. The van der Waals surface area contributed by atoms with Gasteiger partial charge in [0.1, 0.15) is 11.5 Å². The van der Waals surface area contributed by atoms with Crippen molar-refractivity contribution in [3.8, 4) is 11.4 Å². The molecule has 2 rings (SSSR count). The Labute approximate surface area is 109 Å².